The number of aromatic amines is 1. The van der Waals surface area contributed by atoms with Gasteiger partial charge in [0.2, 0.25) is 0 Å². The Labute approximate surface area is 234 Å². The molecule has 1 aromatic heterocycles. The maximum atomic E-state index is 12.2. The first-order valence-electron chi connectivity index (χ1n) is 14.9. The van der Waals surface area contributed by atoms with Crippen LogP contribution in [0, 0.1) is 6.92 Å². The molecule has 0 aliphatic carbocycles. The predicted molar refractivity (Wildman–Crippen MR) is 154 cm³/mol. The molecule has 0 amide bonds. The summed E-state index contributed by atoms with van der Waals surface area (Å²) in [6, 6.07) is 0. The Morgan fingerprint density at radius 3 is 1.92 bits per heavy atom. The summed E-state index contributed by atoms with van der Waals surface area (Å²) in [6.07, 6.45) is 20.4. The van der Waals surface area contributed by atoms with Gasteiger partial charge >= 0.3 is 13.3 Å². The van der Waals surface area contributed by atoms with Gasteiger partial charge in [-0.25, -0.2) is 4.79 Å². The topological polar surface area (TPSA) is 140 Å². The molecule has 228 valence electrons. The number of ether oxygens (including phenoxy) is 2. The van der Waals surface area contributed by atoms with E-state index >= 15 is 0 Å². The van der Waals surface area contributed by atoms with Crippen molar-refractivity contribution in [3.05, 3.63) is 32.6 Å². The Hall–Kier alpha value is -1.29. The van der Waals surface area contributed by atoms with Gasteiger partial charge in [-0.1, -0.05) is 103 Å². The van der Waals surface area contributed by atoms with Gasteiger partial charge in [0.15, 0.2) is 6.79 Å². The van der Waals surface area contributed by atoms with Crippen LogP contribution in [0.3, 0.4) is 0 Å². The first-order chi connectivity index (χ1) is 18.8. The highest BCUT2D eigenvalue weighted by Gasteiger charge is 2.23. The Bertz CT molecular complexity index is 904. The summed E-state index contributed by atoms with van der Waals surface area (Å²) in [7, 11) is -4.09. The molecule has 0 saturated carbocycles. The average Bonchev–Trinajstić information content (AvgIpc) is 2.90. The Morgan fingerprint density at radius 2 is 1.41 bits per heavy atom. The van der Waals surface area contributed by atoms with E-state index in [1.54, 1.807) is 6.92 Å². The van der Waals surface area contributed by atoms with Gasteiger partial charge in [0.25, 0.3) is 5.56 Å². The van der Waals surface area contributed by atoms with Crippen molar-refractivity contribution < 1.29 is 28.6 Å². The summed E-state index contributed by atoms with van der Waals surface area (Å²) in [5.74, 6) is 0. The van der Waals surface area contributed by atoms with Crippen LogP contribution in [-0.4, -0.2) is 52.0 Å². The SMILES string of the molecule is CCCCCCCCCCCCCCCCCCOCOP(=O)(O)CO[C@H](CO)Cn1cc(C)c(=O)[nH]c1=O. The number of aryl methyl sites for hydroxylation is 1. The number of nitrogens with one attached hydrogen (secondary N) is 1. The lowest BCUT2D eigenvalue weighted by Gasteiger charge is -2.19. The van der Waals surface area contributed by atoms with E-state index in [1.165, 1.54) is 94.2 Å². The molecule has 0 aliphatic heterocycles. The van der Waals surface area contributed by atoms with Crippen molar-refractivity contribution in [1.29, 1.82) is 0 Å². The highest BCUT2D eigenvalue weighted by molar-refractivity contribution is 7.52. The summed E-state index contributed by atoms with van der Waals surface area (Å²) in [5.41, 5.74) is -0.826. The zero-order valence-electron chi connectivity index (χ0n) is 24.2. The van der Waals surface area contributed by atoms with Gasteiger partial charge in [-0.2, -0.15) is 0 Å². The molecule has 1 rings (SSSR count). The van der Waals surface area contributed by atoms with Crippen LogP contribution in [-0.2, 0) is 25.1 Å². The smallest absolute Gasteiger partial charge is 0.355 e. The van der Waals surface area contributed by atoms with E-state index in [-0.39, 0.29) is 13.3 Å². The molecule has 0 aromatic carbocycles. The number of H-pyrrole nitrogens is 1. The van der Waals surface area contributed by atoms with Crippen molar-refractivity contribution >= 4 is 7.60 Å². The number of unbranched alkanes of at least 4 members (excludes halogenated alkanes) is 15. The molecule has 0 aliphatic rings. The summed E-state index contributed by atoms with van der Waals surface area (Å²) >= 11 is 0. The van der Waals surface area contributed by atoms with Gasteiger partial charge in [0.1, 0.15) is 6.35 Å². The van der Waals surface area contributed by atoms with Crippen LogP contribution >= 0.6 is 7.60 Å². The fraction of sp³-hybridized carbons (Fsp3) is 0.857. The van der Waals surface area contributed by atoms with Gasteiger partial charge in [-0.3, -0.25) is 23.4 Å². The van der Waals surface area contributed by atoms with Crippen molar-refractivity contribution in [2.75, 3.05) is 26.4 Å². The number of aliphatic hydroxyl groups is 1. The Kier molecular flexibility index (Phi) is 20.5. The lowest BCUT2D eigenvalue weighted by molar-refractivity contribution is -0.0112. The normalized spacial score (nSPS) is 13.9. The molecule has 1 unspecified atom stereocenters. The lowest BCUT2D eigenvalue weighted by atomic mass is 10.0. The predicted octanol–water partition coefficient (Wildman–Crippen LogP) is 5.62. The molecule has 0 fully saturated rings. The average molecular weight is 577 g/mol. The number of nitrogens with zero attached hydrogens (tertiary/aromatic N) is 1. The molecule has 39 heavy (non-hydrogen) atoms. The first kappa shape index (κ1) is 35.7. The minimum Gasteiger partial charge on any atom is -0.394 e. The molecule has 11 heteroatoms. The molecule has 3 N–H and O–H groups in total. The second kappa shape index (κ2) is 22.4. The largest absolute Gasteiger partial charge is 0.394 e. The van der Waals surface area contributed by atoms with Crippen LogP contribution in [0.5, 0.6) is 0 Å². The van der Waals surface area contributed by atoms with Gasteiger partial charge in [0.05, 0.1) is 19.3 Å². The Morgan fingerprint density at radius 1 is 0.897 bits per heavy atom. The fourth-order valence-electron chi connectivity index (χ4n) is 4.30. The van der Waals surface area contributed by atoms with Crippen molar-refractivity contribution in [2.45, 2.75) is 129 Å². The van der Waals surface area contributed by atoms with Crippen LogP contribution < -0.4 is 11.2 Å². The summed E-state index contributed by atoms with van der Waals surface area (Å²) < 4.78 is 28.9. The van der Waals surface area contributed by atoms with Gasteiger partial charge < -0.3 is 19.5 Å². The summed E-state index contributed by atoms with van der Waals surface area (Å²) in [6.45, 7) is 3.35. The van der Waals surface area contributed by atoms with E-state index < -0.39 is 37.9 Å². The second-order valence-corrected chi connectivity index (χ2v) is 12.2. The molecule has 0 radical (unpaired) electrons. The fourth-order valence-corrected chi connectivity index (χ4v) is 5.02. The van der Waals surface area contributed by atoms with Crippen molar-refractivity contribution in [3.63, 3.8) is 0 Å². The number of hydrogen-bond acceptors (Lipinski definition) is 7. The van der Waals surface area contributed by atoms with Crippen LogP contribution in [0.15, 0.2) is 15.8 Å². The van der Waals surface area contributed by atoms with E-state index in [0.29, 0.717) is 12.2 Å². The highest BCUT2D eigenvalue weighted by atomic mass is 31.2. The number of rotatable bonds is 26. The van der Waals surface area contributed by atoms with Crippen molar-refractivity contribution in [1.82, 2.24) is 9.55 Å². The maximum Gasteiger partial charge on any atom is 0.355 e. The highest BCUT2D eigenvalue weighted by Crippen LogP contribution is 2.41. The second-order valence-electron chi connectivity index (χ2n) is 10.4. The lowest BCUT2D eigenvalue weighted by Crippen LogP contribution is -2.35. The molecule has 2 atom stereocenters. The molecule has 1 heterocycles. The van der Waals surface area contributed by atoms with E-state index in [2.05, 4.69) is 11.9 Å². The Balaban J connectivity index is 1.99. The molecule has 0 spiro atoms. The monoisotopic (exact) mass is 576 g/mol. The molecule has 0 bridgehead atoms. The molecule has 1 aromatic rings. The van der Waals surface area contributed by atoms with Gasteiger partial charge in [-0.05, 0) is 13.3 Å². The zero-order chi connectivity index (χ0) is 28.8. The van der Waals surface area contributed by atoms with Gasteiger partial charge in [0, 0.05) is 18.4 Å². The summed E-state index contributed by atoms with van der Waals surface area (Å²) in [4.78, 5) is 35.4. The third-order valence-electron chi connectivity index (χ3n) is 6.75. The minimum absolute atomic E-state index is 0.0945. The minimum atomic E-state index is -4.09. The molecular formula is C28H53N2O8P. The van der Waals surface area contributed by atoms with Crippen LogP contribution in [0.2, 0.25) is 0 Å². The van der Waals surface area contributed by atoms with Crippen molar-refractivity contribution in [2.24, 2.45) is 0 Å². The standard InChI is InChI=1S/C28H53N2O8P/c1-3-4-5-6-7-8-9-10-11-12-13-14-15-16-17-18-19-36-23-38-39(34,35)24-37-26(22-31)21-30-20-25(2)27(32)29-28(30)33/h20,26,31H,3-19,21-24H2,1-2H3,(H,34,35)(H,29,32,33)/t26-/m0/s1. The van der Waals surface area contributed by atoms with Crippen LogP contribution in [0.1, 0.15) is 115 Å². The quantitative estimate of drug-likeness (QED) is 0.0734. The third kappa shape index (κ3) is 18.6. The molecule has 0 saturated heterocycles. The summed E-state index contributed by atoms with van der Waals surface area (Å²) in [5, 5.41) is 9.49. The number of aliphatic hydroxyl groups excluding tert-OH is 1. The third-order valence-corrected chi connectivity index (χ3v) is 7.73. The van der Waals surface area contributed by atoms with Crippen LogP contribution in [0.25, 0.3) is 0 Å². The van der Waals surface area contributed by atoms with E-state index in [4.69, 9.17) is 14.0 Å². The first-order valence-corrected chi connectivity index (χ1v) is 16.6. The zero-order valence-corrected chi connectivity index (χ0v) is 25.1. The van der Waals surface area contributed by atoms with E-state index in [9.17, 15) is 24.2 Å². The molecule has 10 nitrogen and oxygen atoms in total. The number of aromatic nitrogens is 2. The van der Waals surface area contributed by atoms with Gasteiger partial charge in [-0.15, -0.1) is 0 Å². The number of hydrogen-bond donors (Lipinski definition) is 3. The maximum absolute atomic E-state index is 12.2. The van der Waals surface area contributed by atoms with Crippen LogP contribution in [0.4, 0.5) is 0 Å². The van der Waals surface area contributed by atoms with E-state index in [1.807, 2.05) is 0 Å². The van der Waals surface area contributed by atoms with Crippen molar-refractivity contribution in [3.8, 4) is 0 Å². The van der Waals surface area contributed by atoms with E-state index in [0.717, 1.165) is 19.3 Å². The molecular weight excluding hydrogens is 523 g/mol.